The van der Waals surface area contributed by atoms with Gasteiger partial charge in [-0.1, -0.05) is 13.3 Å². The second-order valence-corrected chi connectivity index (χ2v) is 7.20. The Hall–Kier alpha value is -2.42. The highest BCUT2D eigenvalue weighted by Crippen LogP contribution is 2.29. The number of hydrogen-bond donors (Lipinski definition) is 2. The molecule has 0 bridgehead atoms. The molecule has 1 atom stereocenters. The minimum atomic E-state index is -3.00. The van der Waals surface area contributed by atoms with Crippen molar-refractivity contribution >= 4 is 11.8 Å². The van der Waals surface area contributed by atoms with Crippen molar-refractivity contribution in [2.45, 2.75) is 32.8 Å². The second kappa shape index (κ2) is 11.5. The van der Waals surface area contributed by atoms with Crippen molar-refractivity contribution in [2.75, 3.05) is 39.8 Å². The van der Waals surface area contributed by atoms with Crippen LogP contribution >= 0.6 is 0 Å². The molecule has 2 amide bonds. The van der Waals surface area contributed by atoms with E-state index >= 15 is 0 Å². The van der Waals surface area contributed by atoms with E-state index in [-0.39, 0.29) is 29.5 Å². The normalized spacial score (nSPS) is 15.6. The smallest absolute Gasteiger partial charge is 0.387 e. The number of nitrogens with one attached hydrogen (secondary N) is 2. The molecular weight excluding hydrogens is 384 g/mol. The van der Waals surface area contributed by atoms with Crippen molar-refractivity contribution in [1.29, 1.82) is 0 Å². The summed E-state index contributed by atoms with van der Waals surface area (Å²) in [6.45, 7) is 2.62. The number of benzene rings is 1. The number of ether oxygens (including phenoxy) is 2. The molecule has 0 spiro atoms. The van der Waals surface area contributed by atoms with E-state index in [1.54, 1.807) is 0 Å². The number of alkyl halides is 2. The molecule has 1 aliphatic rings. The fraction of sp³-hybridized carbons (Fsp3) is 0.600. The average Bonchev–Trinajstić information content (AvgIpc) is 2.71. The molecule has 1 aliphatic heterocycles. The van der Waals surface area contributed by atoms with Gasteiger partial charge in [-0.3, -0.25) is 9.59 Å². The lowest BCUT2D eigenvalue weighted by Crippen LogP contribution is -2.41. The molecule has 2 N–H and O–H groups in total. The number of hydrogen-bond acceptors (Lipinski definition) is 5. The lowest BCUT2D eigenvalue weighted by Gasteiger charge is -2.29. The van der Waals surface area contributed by atoms with Gasteiger partial charge < -0.3 is 25.0 Å². The Labute approximate surface area is 169 Å². The number of carbonyl (C=O) groups is 2. The molecule has 1 saturated heterocycles. The van der Waals surface area contributed by atoms with Crippen molar-refractivity contribution in [3.63, 3.8) is 0 Å². The maximum absolute atomic E-state index is 12.4. The highest BCUT2D eigenvalue weighted by molar-refractivity contribution is 5.97. The Morgan fingerprint density at radius 2 is 1.86 bits per heavy atom. The summed E-state index contributed by atoms with van der Waals surface area (Å²) in [6.07, 6.45) is 3.74. The Balaban J connectivity index is 1.75. The van der Waals surface area contributed by atoms with Gasteiger partial charge in [-0.05, 0) is 50.0 Å². The first-order valence-electron chi connectivity index (χ1n) is 9.79. The van der Waals surface area contributed by atoms with Crippen LogP contribution in [0, 0.1) is 5.92 Å². The number of carbonyl (C=O) groups excluding carboxylic acids is 2. The fourth-order valence-corrected chi connectivity index (χ4v) is 3.26. The third kappa shape index (κ3) is 7.84. The number of nitrogens with zero attached hydrogens (tertiary/aromatic N) is 1. The van der Waals surface area contributed by atoms with Crippen LogP contribution in [0.2, 0.25) is 0 Å². The molecule has 0 aliphatic carbocycles. The van der Waals surface area contributed by atoms with E-state index in [0.717, 1.165) is 19.6 Å². The van der Waals surface area contributed by atoms with Crippen LogP contribution in [0.15, 0.2) is 18.2 Å². The molecule has 1 heterocycles. The quantitative estimate of drug-likeness (QED) is 0.615. The summed E-state index contributed by atoms with van der Waals surface area (Å²) in [5.74, 6) is -0.635. The molecule has 0 radical (unpaired) electrons. The van der Waals surface area contributed by atoms with Crippen LogP contribution < -0.4 is 20.1 Å². The maximum atomic E-state index is 12.4. The number of methoxy groups -OCH3 is 1. The monoisotopic (exact) mass is 413 g/mol. The van der Waals surface area contributed by atoms with E-state index in [9.17, 15) is 18.4 Å². The molecule has 29 heavy (non-hydrogen) atoms. The summed E-state index contributed by atoms with van der Waals surface area (Å²) < 4.78 is 34.0. The summed E-state index contributed by atoms with van der Waals surface area (Å²) in [5, 5.41) is 5.33. The molecule has 2 rings (SSSR count). The zero-order valence-corrected chi connectivity index (χ0v) is 16.9. The summed E-state index contributed by atoms with van der Waals surface area (Å²) >= 11 is 0. The highest BCUT2D eigenvalue weighted by Gasteiger charge is 2.16. The van der Waals surface area contributed by atoms with Crippen LogP contribution in [0.4, 0.5) is 8.78 Å². The zero-order chi connectivity index (χ0) is 21.2. The highest BCUT2D eigenvalue weighted by atomic mass is 19.3. The minimum absolute atomic E-state index is 0.00828. The fourth-order valence-electron chi connectivity index (χ4n) is 3.26. The lowest BCUT2D eigenvalue weighted by atomic mass is 10.1. The van der Waals surface area contributed by atoms with Crippen molar-refractivity contribution < 1.29 is 27.8 Å². The van der Waals surface area contributed by atoms with Crippen molar-refractivity contribution in [2.24, 2.45) is 5.92 Å². The summed E-state index contributed by atoms with van der Waals surface area (Å²) in [5.41, 5.74) is 0.176. The molecule has 1 aromatic rings. The molecule has 1 unspecified atom stereocenters. The average molecular weight is 413 g/mol. The molecule has 9 heteroatoms. The first-order valence-corrected chi connectivity index (χ1v) is 9.79. The van der Waals surface area contributed by atoms with Gasteiger partial charge in [0.05, 0.1) is 13.7 Å². The van der Waals surface area contributed by atoms with Crippen LogP contribution in [0.1, 0.15) is 36.5 Å². The standard InChI is InChI=1S/C20H29F2N3O4/c1-14(13-25-8-4-3-5-9-25)11-23-18(26)12-24-19(27)15-6-7-16(29-20(21)22)17(10-15)28-2/h6-7,10,14,20H,3-5,8-9,11-13H2,1-2H3,(H,23,26)(H,24,27). The molecule has 7 nitrogen and oxygen atoms in total. The van der Waals surface area contributed by atoms with Gasteiger partial charge >= 0.3 is 6.61 Å². The topological polar surface area (TPSA) is 79.9 Å². The van der Waals surface area contributed by atoms with Crippen LogP contribution in [0.5, 0.6) is 11.5 Å². The molecule has 1 aromatic carbocycles. The van der Waals surface area contributed by atoms with E-state index in [4.69, 9.17) is 4.74 Å². The number of likely N-dealkylation sites (tertiary alicyclic amines) is 1. The van der Waals surface area contributed by atoms with Gasteiger partial charge in [0.25, 0.3) is 5.91 Å². The Morgan fingerprint density at radius 1 is 1.14 bits per heavy atom. The molecular formula is C20H29F2N3O4. The van der Waals surface area contributed by atoms with Gasteiger partial charge in [0.2, 0.25) is 5.91 Å². The third-order valence-corrected chi connectivity index (χ3v) is 4.72. The van der Waals surface area contributed by atoms with E-state index in [1.165, 1.54) is 44.6 Å². The van der Waals surface area contributed by atoms with Gasteiger partial charge in [-0.15, -0.1) is 0 Å². The summed E-state index contributed by atoms with van der Waals surface area (Å²) in [4.78, 5) is 26.6. The number of amides is 2. The lowest BCUT2D eigenvalue weighted by molar-refractivity contribution is -0.120. The summed E-state index contributed by atoms with van der Waals surface area (Å²) in [6, 6.07) is 3.84. The van der Waals surface area contributed by atoms with Crippen LogP contribution in [-0.4, -0.2) is 63.2 Å². The van der Waals surface area contributed by atoms with Gasteiger partial charge in [0.1, 0.15) is 0 Å². The van der Waals surface area contributed by atoms with Gasteiger partial charge in [-0.25, -0.2) is 0 Å². The molecule has 0 aromatic heterocycles. The largest absolute Gasteiger partial charge is 0.493 e. The number of rotatable bonds is 10. The SMILES string of the molecule is COc1cc(C(=O)NCC(=O)NCC(C)CN2CCCCC2)ccc1OC(F)F. The van der Waals surface area contributed by atoms with Crippen LogP contribution in [-0.2, 0) is 4.79 Å². The Bertz CT molecular complexity index is 682. The third-order valence-electron chi connectivity index (χ3n) is 4.72. The van der Waals surface area contributed by atoms with E-state index in [0.29, 0.717) is 12.5 Å². The number of halogens is 2. The molecule has 1 fully saturated rings. The predicted molar refractivity (Wildman–Crippen MR) is 104 cm³/mol. The van der Waals surface area contributed by atoms with Crippen molar-refractivity contribution in [1.82, 2.24) is 15.5 Å². The molecule has 0 saturated carbocycles. The van der Waals surface area contributed by atoms with E-state index in [1.807, 2.05) is 0 Å². The van der Waals surface area contributed by atoms with Crippen molar-refractivity contribution in [3.8, 4) is 11.5 Å². The van der Waals surface area contributed by atoms with Crippen LogP contribution in [0.25, 0.3) is 0 Å². The van der Waals surface area contributed by atoms with E-state index in [2.05, 4.69) is 27.2 Å². The van der Waals surface area contributed by atoms with Gasteiger partial charge in [0.15, 0.2) is 11.5 Å². The minimum Gasteiger partial charge on any atom is -0.493 e. The maximum Gasteiger partial charge on any atom is 0.387 e. The first-order chi connectivity index (χ1) is 13.9. The van der Waals surface area contributed by atoms with E-state index < -0.39 is 12.5 Å². The Kier molecular flexibility index (Phi) is 9.11. The summed E-state index contributed by atoms with van der Waals surface area (Å²) in [7, 11) is 1.29. The van der Waals surface area contributed by atoms with Crippen molar-refractivity contribution in [3.05, 3.63) is 23.8 Å². The second-order valence-electron chi connectivity index (χ2n) is 7.20. The predicted octanol–water partition coefficient (Wildman–Crippen LogP) is 2.26. The van der Waals surface area contributed by atoms with Gasteiger partial charge in [-0.2, -0.15) is 8.78 Å². The first kappa shape index (κ1) is 22.9. The number of piperidine rings is 1. The van der Waals surface area contributed by atoms with Gasteiger partial charge in [0, 0.05) is 18.7 Å². The molecule has 162 valence electrons. The Morgan fingerprint density at radius 3 is 2.52 bits per heavy atom. The van der Waals surface area contributed by atoms with Crippen LogP contribution in [0.3, 0.4) is 0 Å². The zero-order valence-electron chi connectivity index (χ0n) is 16.9.